The van der Waals surface area contributed by atoms with Crippen LogP contribution in [0.25, 0.3) is 0 Å². The first-order chi connectivity index (χ1) is 11.2. The number of aliphatic imine (C=N–C) groups is 1. The van der Waals surface area contributed by atoms with E-state index in [1.807, 2.05) is 0 Å². The van der Waals surface area contributed by atoms with Crippen molar-refractivity contribution in [3.8, 4) is 0 Å². The molecule has 136 valence electrons. The number of hydrogen-bond donors (Lipinski definition) is 2. The Balaban J connectivity index is 0.00000288. The van der Waals surface area contributed by atoms with Crippen molar-refractivity contribution < 1.29 is 4.74 Å². The fraction of sp³-hybridized carbons (Fsp3) is 0.611. The predicted octanol–water partition coefficient (Wildman–Crippen LogP) is 2.69. The summed E-state index contributed by atoms with van der Waals surface area (Å²) in [5, 5.41) is 3.19. The molecule has 1 heterocycles. The second kappa shape index (κ2) is 11.7. The molecule has 1 aliphatic heterocycles. The SMILES string of the molecule is CCCCNC(N)=NCC(c1ccc(C)cc1)N1CCOCC1.I. The quantitative estimate of drug-likeness (QED) is 0.293. The molecule has 0 bridgehead atoms. The highest BCUT2D eigenvalue weighted by Gasteiger charge is 2.22. The van der Waals surface area contributed by atoms with Gasteiger partial charge in [0, 0.05) is 19.6 Å². The molecule has 1 fully saturated rings. The van der Waals surface area contributed by atoms with E-state index in [2.05, 4.69) is 53.3 Å². The Morgan fingerprint density at radius 1 is 1.29 bits per heavy atom. The normalized spacial score (nSPS) is 17.2. The second-order valence-electron chi connectivity index (χ2n) is 6.08. The smallest absolute Gasteiger partial charge is 0.188 e. The Morgan fingerprint density at radius 2 is 1.96 bits per heavy atom. The topological polar surface area (TPSA) is 62.9 Å². The summed E-state index contributed by atoms with van der Waals surface area (Å²) in [6.45, 7) is 9.30. The lowest BCUT2D eigenvalue weighted by Gasteiger charge is -2.34. The van der Waals surface area contributed by atoms with E-state index in [9.17, 15) is 0 Å². The molecular formula is C18H31IN4O. The van der Waals surface area contributed by atoms with Crippen LogP contribution < -0.4 is 11.1 Å². The van der Waals surface area contributed by atoms with Crippen molar-refractivity contribution in [2.24, 2.45) is 10.7 Å². The van der Waals surface area contributed by atoms with Gasteiger partial charge in [0.1, 0.15) is 0 Å². The number of benzene rings is 1. The van der Waals surface area contributed by atoms with Crippen molar-refractivity contribution >= 4 is 29.9 Å². The van der Waals surface area contributed by atoms with Gasteiger partial charge in [-0.25, -0.2) is 0 Å². The molecule has 1 aliphatic rings. The van der Waals surface area contributed by atoms with E-state index in [0.717, 1.165) is 45.7 Å². The molecule has 24 heavy (non-hydrogen) atoms. The number of morpholine rings is 1. The highest BCUT2D eigenvalue weighted by atomic mass is 127. The summed E-state index contributed by atoms with van der Waals surface area (Å²) in [6, 6.07) is 8.98. The van der Waals surface area contributed by atoms with E-state index in [4.69, 9.17) is 10.5 Å². The van der Waals surface area contributed by atoms with Crippen molar-refractivity contribution in [1.82, 2.24) is 10.2 Å². The van der Waals surface area contributed by atoms with Crippen LogP contribution in [0.5, 0.6) is 0 Å². The Bertz CT molecular complexity index is 486. The van der Waals surface area contributed by atoms with E-state index in [1.54, 1.807) is 0 Å². The lowest BCUT2D eigenvalue weighted by Crippen LogP contribution is -2.41. The van der Waals surface area contributed by atoms with Crippen LogP contribution in [0.3, 0.4) is 0 Å². The number of rotatable bonds is 7. The molecule has 1 atom stereocenters. The standard InChI is InChI=1S/C18H30N4O.HI/c1-3-4-9-20-18(19)21-14-17(22-10-12-23-13-11-22)16-7-5-15(2)6-8-16;/h5-8,17H,3-4,9-14H2,1-2H3,(H3,19,20,21);1H. The van der Waals surface area contributed by atoms with Gasteiger partial charge in [0.15, 0.2) is 5.96 Å². The molecule has 0 aliphatic carbocycles. The Morgan fingerprint density at radius 3 is 2.58 bits per heavy atom. The summed E-state index contributed by atoms with van der Waals surface area (Å²) in [6.07, 6.45) is 2.27. The van der Waals surface area contributed by atoms with Gasteiger partial charge in [0.25, 0.3) is 0 Å². The Hall–Kier alpha value is -0.860. The largest absolute Gasteiger partial charge is 0.379 e. The zero-order valence-electron chi connectivity index (χ0n) is 14.8. The molecule has 3 N–H and O–H groups in total. The van der Waals surface area contributed by atoms with Crippen LogP contribution in [0.1, 0.15) is 36.9 Å². The van der Waals surface area contributed by atoms with Crippen LogP contribution in [-0.4, -0.2) is 50.3 Å². The average Bonchev–Trinajstić information content (AvgIpc) is 2.58. The van der Waals surface area contributed by atoms with Gasteiger partial charge in [-0.1, -0.05) is 43.2 Å². The molecule has 1 aromatic carbocycles. The molecule has 2 rings (SSSR count). The molecule has 0 saturated carbocycles. The summed E-state index contributed by atoms with van der Waals surface area (Å²) in [4.78, 5) is 7.01. The lowest BCUT2D eigenvalue weighted by atomic mass is 10.0. The van der Waals surface area contributed by atoms with E-state index in [0.29, 0.717) is 12.5 Å². The molecule has 6 heteroatoms. The van der Waals surface area contributed by atoms with Gasteiger partial charge < -0.3 is 15.8 Å². The predicted molar refractivity (Wildman–Crippen MR) is 111 cm³/mol. The van der Waals surface area contributed by atoms with Crippen LogP contribution in [0.4, 0.5) is 0 Å². The van der Waals surface area contributed by atoms with E-state index < -0.39 is 0 Å². The molecule has 1 unspecified atom stereocenters. The minimum Gasteiger partial charge on any atom is -0.379 e. The number of nitrogens with one attached hydrogen (secondary N) is 1. The van der Waals surface area contributed by atoms with Crippen LogP contribution >= 0.6 is 24.0 Å². The first-order valence-corrected chi connectivity index (χ1v) is 8.63. The van der Waals surface area contributed by atoms with Gasteiger partial charge in [0.2, 0.25) is 0 Å². The number of unbranched alkanes of at least 4 members (excludes halogenated alkanes) is 1. The number of nitrogens with two attached hydrogens (primary N) is 1. The van der Waals surface area contributed by atoms with Gasteiger partial charge in [-0.15, -0.1) is 24.0 Å². The van der Waals surface area contributed by atoms with E-state index in [-0.39, 0.29) is 30.0 Å². The first kappa shape index (κ1) is 21.2. The maximum Gasteiger partial charge on any atom is 0.188 e. The van der Waals surface area contributed by atoms with Crippen LogP contribution in [0.2, 0.25) is 0 Å². The van der Waals surface area contributed by atoms with Gasteiger partial charge >= 0.3 is 0 Å². The maximum atomic E-state index is 5.99. The molecule has 0 amide bonds. The Kier molecular flexibility index (Phi) is 10.3. The summed E-state index contributed by atoms with van der Waals surface area (Å²) in [5.74, 6) is 0.545. The maximum absolute atomic E-state index is 5.99. The highest BCUT2D eigenvalue weighted by Crippen LogP contribution is 2.22. The molecule has 1 saturated heterocycles. The zero-order valence-corrected chi connectivity index (χ0v) is 17.2. The minimum absolute atomic E-state index is 0. The van der Waals surface area contributed by atoms with Crippen LogP contribution in [-0.2, 0) is 4.74 Å². The average molecular weight is 446 g/mol. The third-order valence-electron chi connectivity index (χ3n) is 4.22. The van der Waals surface area contributed by atoms with Crippen molar-refractivity contribution in [3.63, 3.8) is 0 Å². The van der Waals surface area contributed by atoms with Crippen molar-refractivity contribution in [2.75, 3.05) is 39.4 Å². The van der Waals surface area contributed by atoms with Crippen molar-refractivity contribution in [1.29, 1.82) is 0 Å². The molecular weight excluding hydrogens is 415 g/mol. The molecule has 5 nitrogen and oxygen atoms in total. The van der Waals surface area contributed by atoms with Gasteiger partial charge in [-0.2, -0.15) is 0 Å². The minimum atomic E-state index is 0. The van der Waals surface area contributed by atoms with Gasteiger partial charge in [-0.05, 0) is 18.9 Å². The Labute approximate surface area is 163 Å². The van der Waals surface area contributed by atoms with Gasteiger partial charge in [-0.3, -0.25) is 9.89 Å². The number of hydrogen-bond acceptors (Lipinski definition) is 3. The summed E-state index contributed by atoms with van der Waals surface area (Å²) in [7, 11) is 0. The monoisotopic (exact) mass is 446 g/mol. The summed E-state index contributed by atoms with van der Waals surface area (Å²) in [5.41, 5.74) is 8.56. The fourth-order valence-electron chi connectivity index (χ4n) is 2.74. The third-order valence-corrected chi connectivity index (χ3v) is 4.22. The molecule has 0 spiro atoms. The second-order valence-corrected chi connectivity index (χ2v) is 6.08. The van der Waals surface area contributed by atoms with E-state index in [1.165, 1.54) is 11.1 Å². The number of aryl methyl sites for hydroxylation is 1. The highest BCUT2D eigenvalue weighted by molar-refractivity contribution is 14.0. The molecule has 0 radical (unpaired) electrons. The zero-order chi connectivity index (χ0) is 16.5. The lowest BCUT2D eigenvalue weighted by molar-refractivity contribution is 0.0180. The van der Waals surface area contributed by atoms with Crippen LogP contribution in [0, 0.1) is 6.92 Å². The fourth-order valence-corrected chi connectivity index (χ4v) is 2.74. The third kappa shape index (κ3) is 6.94. The number of halogens is 1. The van der Waals surface area contributed by atoms with Crippen molar-refractivity contribution in [2.45, 2.75) is 32.7 Å². The van der Waals surface area contributed by atoms with E-state index >= 15 is 0 Å². The van der Waals surface area contributed by atoms with Gasteiger partial charge in [0.05, 0.1) is 25.8 Å². The number of ether oxygens (including phenoxy) is 1. The summed E-state index contributed by atoms with van der Waals surface area (Å²) < 4.78 is 5.48. The summed E-state index contributed by atoms with van der Waals surface area (Å²) >= 11 is 0. The van der Waals surface area contributed by atoms with Crippen LogP contribution in [0.15, 0.2) is 29.3 Å². The number of nitrogens with zero attached hydrogens (tertiary/aromatic N) is 2. The molecule has 1 aromatic rings. The first-order valence-electron chi connectivity index (χ1n) is 8.63. The molecule has 0 aromatic heterocycles. The number of guanidine groups is 1. The van der Waals surface area contributed by atoms with Crippen molar-refractivity contribution in [3.05, 3.63) is 35.4 Å².